The largest absolute Gasteiger partial charge is 0.422 e. The highest BCUT2D eigenvalue weighted by molar-refractivity contribution is 5.96. The lowest BCUT2D eigenvalue weighted by Crippen LogP contribution is -2.47. The molecule has 0 bridgehead atoms. The highest BCUT2D eigenvalue weighted by Gasteiger charge is 2.42. The van der Waals surface area contributed by atoms with Crippen molar-refractivity contribution in [3.8, 4) is 0 Å². The number of benzene rings is 1. The predicted octanol–water partition coefficient (Wildman–Crippen LogP) is 1.52. The zero-order chi connectivity index (χ0) is 16.7. The molecule has 2 fully saturated rings. The number of hydrogen-bond acceptors (Lipinski definition) is 5. The monoisotopic (exact) mass is 328 g/mol. The highest BCUT2D eigenvalue weighted by atomic mass is 16.5. The van der Waals surface area contributed by atoms with E-state index in [1.807, 2.05) is 12.1 Å². The lowest BCUT2D eigenvalue weighted by Gasteiger charge is -2.38. The van der Waals surface area contributed by atoms with E-state index in [2.05, 4.69) is 0 Å². The first kappa shape index (κ1) is 15.4. The van der Waals surface area contributed by atoms with Gasteiger partial charge < -0.3 is 19.8 Å². The second-order valence-corrected chi connectivity index (χ2v) is 6.74. The van der Waals surface area contributed by atoms with Gasteiger partial charge in [-0.3, -0.25) is 4.79 Å². The molecule has 1 unspecified atom stereocenters. The van der Waals surface area contributed by atoms with Crippen molar-refractivity contribution in [2.24, 2.45) is 5.73 Å². The smallest absolute Gasteiger partial charge is 0.349 e. The first-order valence-corrected chi connectivity index (χ1v) is 8.28. The van der Waals surface area contributed by atoms with Crippen LogP contribution in [0.3, 0.4) is 0 Å². The zero-order valence-corrected chi connectivity index (χ0v) is 13.4. The lowest BCUT2D eigenvalue weighted by atomic mass is 9.87. The summed E-state index contributed by atoms with van der Waals surface area (Å²) in [6, 6.07) is 8.89. The molecule has 2 aliphatic heterocycles. The third-order valence-corrected chi connectivity index (χ3v) is 5.07. The number of nitrogens with two attached hydrogens (primary N) is 1. The molecule has 6 nitrogen and oxygen atoms in total. The topological polar surface area (TPSA) is 85.8 Å². The van der Waals surface area contributed by atoms with E-state index in [1.165, 1.54) is 0 Å². The second kappa shape index (κ2) is 5.72. The maximum Gasteiger partial charge on any atom is 0.349 e. The Morgan fingerprint density at radius 2 is 2.00 bits per heavy atom. The maximum absolute atomic E-state index is 12.7. The Morgan fingerprint density at radius 3 is 2.71 bits per heavy atom. The lowest BCUT2D eigenvalue weighted by molar-refractivity contribution is -0.0389. The molecule has 126 valence electrons. The fourth-order valence-corrected chi connectivity index (χ4v) is 3.73. The standard InChI is InChI=1S/C18H20N2O4/c19-13-10-18(23-11-13)5-7-20(8-6-18)16(21)14-9-12-3-1-2-4-15(12)24-17(14)22/h1-4,9,13H,5-8,10-11,19H2. The Hall–Kier alpha value is -2.18. The van der Waals surface area contributed by atoms with Gasteiger partial charge in [-0.25, -0.2) is 4.79 Å². The van der Waals surface area contributed by atoms with Gasteiger partial charge in [0.25, 0.3) is 5.91 Å². The van der Waals surface area contributed by atoms with E-state index in [9.17, 15) is 9.59 Å². The molecule has 0 saturated carbocycles. The number of para-hydroxylation sites is 1. The average Bonchev–Trinajstić information content (AvgIpc) is 2.95. The quantitative estimate of drug-likeness (QED) is 0.802. The number of carbonyl (C=O) groups is 1. The van der Waals surface area contributed by atoms with Crippen LogP contribution in [0.15, 0.2) is 39.5 Å². The Morgan fingerprint density at radius 1 is 1.25 bits per heavy atom. The summed E-state index contributed by atoms with van der Waals surface area (Å²) in [7, 11) is 0. The highest BCUT2D eigenvalue weighted by Crippen LogP contribution is 2.35. The van der Waals surface area contributed by atoms with E-state index in [4.69, 9.17) is 14.9 Å². The van der Waals surface area contributed by atoms with Crippen LogP contribution < -0.4 is 11.4 Å². The number of likely N-dealkylation sites (tertiary alicyclic amines) is 1. The van der Waals surface area contributed by atoms with E-state index >= 15 is 0 Å². The Kier molecular flexibility index (Phi) is 3.66. The number of ether oxygens (including phenoxy) is 1. The van der Waals surface area contributed by atoms with E-state index in [-0.39, 0.29) is 23.1 Å². The first-order valence-electron chi connectivity index (χ1n) is 8.28. The Labute approximate surface area is 139 Å². The van der Waals surface area contributed by atoms with Crippen molar-refractivity contribution >= 4 is 16.9 Å². The van der Waals surface area contributed by atoms with E-state index in [1.54, 1.807) is 23.1 Å². The minimum Gasteiger partial charge on any atom is -0.422 e. The van der Waals surface area contributed by atoms with Crippen molar-refractivity contribution in [2.75, 3.05) is 19.7 Å². The molecule has 1 spiro atoms. The van der Waals surface area contributed by atoms with E-state index in [0.29, 0.717) is 25.3 Å². The third kappa shape index (κ3) is 2.61. The molecule has 1 atom stereocenters. The van der Waals surface area contributed by atoms with Crippen LogP contribution in [0, 0.1) is 0 Å². The molecule has 2 aliphatic rings. The van der Waals surface area contributed by atoms with Gasteiger partial charge in [0.1, 0.15) is 11.1 Å². The van der Waals surface area contributed by atoms with Crippen LogP contribution >= 0.6 is 0 Å². The molecule has 3 heterocycles. The molecule has 2 saturated heterocycles. The van der Waals surface area contributed by atoms with Crippen molar-refractivity contribution in [1.82, 2.24) is 4.90 Å². The number of piperidine rings is 1. The van der Waals surface area contributed by atoms with Crippen LogP contribution in [-0.4, -0.2) is 42.1 Å². The van der Waals surface area contributed by atoms with Crippen LogP contribution in [0.4, 0.5) is 0 Å². The summed E-state index contributed by atoms with van der Waals surface area (Å²) in [5, 5.41) is 0.749. The van der Waals surface area contributed by atoms with Crippen molar-refractivity contribution in [3.05, 3.63) is 46.3 Å². The molecule has 24 heavy (non-hydrogen) atoms. The second-order valence-electron chi connectivity index (χ2n) is 6.74. The molecular weight excluding hydrogens is 308 g/mol. The molecule has 6 heteroatoms. The molecule has 2 aromatic rings. The number of rotatable bonds is 1. The van der Waals surface area contributed by atoms with Crippen LogP contribution in [0.1, 0.15) is 29.6 Å². The molecule has 0 aliphatic carbocycles. The molecule has 1 amide bonds. The van der Waals surface area contributed by atoms with Crippen LogP contribution in [0.2, 0.25) is 0 Å². The van der Waals surface area contributed by atoms with Crippen LogP contribution in [0.5, 0.6) is 0 Å². The van der Waals surface area contributed by atoms with Gasteiger partial charge in [-0.05, 0) is 31.4 Å². The van der Waals surface area contributed by atoms with Gasteiger partial charge in [0.05, 0.1) is 12.2 Å². The molecular formula is C18H20N2O4. The van der Waals surface area contributed by atoms with Gasteiger partial charge in [0, 0.05) is 24.5 Å². The zero-order valence-electron chi connectivity index (χ0n) is 13.4. The van der Waals surface area contributed by atoms with Crippen molar-refractivity contribution in [1.29, 1.82) is 0 Å². The minimum absolute atomic E-state index is 0.0831. The summed E-state index contributed by atoms with van der Waals surface area (Å²) in [6.45, 7) is 1.72. The van der Waals surface area contributed by atoms with Gasteiger partial charge >= 0.3 is 5.63 Å². The minimum atomic E-state index is -0.585. The normalized spacial score (nSPS) is 23.0. The van der Waals surface area contributed by atoms with Crippen LogP contribution in [-0.2, 0) is 4.74 Å². The third-order valence-electron chi connectivity index (χ3n) is 5.07. The van der Waals surface area contributed by atoms with Crippen molar-refractivity contribution < 1.29 is 13.9 Å². The molecule has 1 aromatic carbocycles. The van der Waals surface area contributed by atoms with Crippen molar-refractivity contribution in [3.63, 3.8) is 0 Å². The molecule has 4 rings (SSSR count). The summed E-state index contributed by atoms with van der Waals surface area (Å²) in [5.74, 6) is -0.272. The molecule has 0 radical (unpaired) electrons. The average molecular weight is 328 g/mol. The number of nitrogens with zero attached hydrogens (tertiary/aromatic N) is 1. The van der Waals surface area contributed by atoms with Gasteiger partial charge in [-0.1, -0.05) is 18.2 Å². The van der Waals surface area contributed by atoms with Gasteiger partial charge in [0.2, 0.25) is 0 Å². The van der Waals surface area contributed by atoms with Crippen molar-refractivity contribution in [2.45, 2.75) is 30.9 Å². The van der Waals surface area contributed by atoms with Gasteiger partial charge in [0.15, 0.2) is 0 Å². The number of fused-ring (bicyclic) bond motifs is 1. The summed E-state index contributed by atoms with van der Waals surface area (Å²) >= 11 is 0. The summed E-state index contributed by atoms with van der Waals surface area (Å²) in [6.07, 6.45) is 2.35. The number of amides is 1. The predicted molar refractivity (Wildman–Crippen MR) is 88.9 cm³/mol. The molecule has 1 aromatic heterocycles. The maximum atomic E-state index is 12.7. The van der Waals surface area contributed by atoms with Crippen LogP contribution in [0.25, 0.3) is 11.0 Å². The number of carbonyl (C=O) groups excluding carboxylic acids is 1. The fraction of sp³-hybridized carbons (Fsp3) is 0.444. The fourth-order valence-electron chi connectivity index (χ4n) is 3.73. The summed E-state index contributed by atoms with van der Waals surface area (Å²) in [5.41, 5.74) is 5.75. The van der Waals surface area contributed by atoms with Gasteiger partial charge in [-0.15, -0.1) is 0 Å². The van der Waals surface area contributed by atoms with E-state index in [0.717, 1.165) is 24.6 Å². The first-order chi connectivity index (χ1) is 11.6. The number of hydrogen-bond donors (Lipinski definition) is 1. The Balaban J connectivity index is 1.55. The SMILES string of the molecule is NC1COC2(CCN(C(=O)c3cc4ccccc4oc3=O)CC2)C1. The summed E-state index contributed by atoms with van der Waals surface area (Å²) < 4.78 is 11.1. The van der Waals surface area contributed by atoms with E-state index < -0.39 is 5.63 Å². The Bertz CT molecular complexity index is 836. The summed E-state index contributed by atoms with van der Waals surface area (Å²) in [4.78, 5) is 26.6. The molecule has 2 N–H and O–H groups in total. The van der Waals surface area contributed by atoms with Gasteiger partial charge in [-0.2, -0.15) is 0 Å².